The van der Waals surface area contributed by atoms with Crippen LogP contribution in [0, 0.1) is 0 Å². The molecule has 76 valence electrons. The van der Waals surface area contributed by atoms with Crippen LogP contribution in [0.2, 0.25) is 0 Å². The highest BCUT2D eigenvalue weighted by atomic mass is 19.3. The van der Waals surface area contributed by atoms with Gasteiger partial charge in [-0.1, -0.05) is 0 Å². The van der Waals surface area contributed by atoms with Gasteiger partial charge in [0.15, 0.2) is 0 Å². The zero-order chi connectivity index (χ0) is 10.1. The first-order valence-electron chi connectivity index (χ1n) is 4.23. The average Bonchev–Trinajstić information content (AvgIpc) is 2.33. The normalized spacial score (nSPS) is 29.8. The molecule has 1 aliphatic heterocycles. The predicted molar refractivity (Wildman–Crippen MR) is 42.9 cm³/mol. The Bertz CT molecular complexity index is 210. The number of carboxylic acids is 1. The second-order valence-corrected chi connectivity index (χ2v) is 3.52. The molecule has 3 nitrogen and oxygen atoms in total. The molecule has 1 unspecified atom stereocenters. The molecule has 0 radical (unpaired) electrons. The molecule has 0 aromatic carbocycles. The van der Waals surface area contributed by atoms with Crippen LogP contribution in [0.15, 0.2) is 0 Å². The molecule has 0 bridgehead atoms. The lowest BCUT2D eigenvalue weighted by Gasteiger charge is -2.30. The first-order valence-corrected chi connectivity index (χ1v) is 4.23. The largest absolute Gasteiger partial charge is 0.480 e. The molecule has 1 aliphatic rings. The predicted octanol–water partition coefficient (Wildman–Crippen LogP) is 1.19. The molecule has 1 rings (SSSR count). The molecule has 1 N–H and O–H groups in total. The maximum atomic E-state index is 12.1. The van der Waals surface area contributed by atoms with Gasteiger partial charge in [-0.05, 0) is 26.3 Å². The minimum absolute atomic E-state index is 0.442. The highest BCUT2D eigenvalue weighted by molar-refractivity contribution is 5.78. The van der Waals surface area contributed by atoms with Crippen molar-refractivity contribution >= 4 is 5.97 Å². The molecule has 0 aliphatic carbocycles. The maximum absolute atomic E-state index is 12.1. The van der Waals surface area contributed by atoms with Crippen molar-refractivity contribution in [2.75, 3.05) is 13.1 Å². The second kappa shape index (κ2) is 3.57. The first-order chi connectivity index (χ1) is 5.97. The van der Waals surface area contributed by atoms with Crippen LogP contribution in [0.3, 0.4) is 0 Å². The number of likely N-dealkylation sites (tertiary alicyclic amines) is 1. The molecule has 0 spiro atoms. The van der Waals surface area contributed by atoms with Gasteiger partial charge in [0.05, 0.1) is 6.54 Å². The van der Waals surface area contributed by atoms with Crippen LogP contribution < -0.4 is 0 Å². The molecule has 5 heteroatoms. The van der Waals surface area contributed by atoms with E-state index in [0.29, 0.717) is 19.4 Å². The molecule has 0 saturated carbocycles. The van der Waals surface area contributed by atoms with E-state index in [1.165, 1.54) is 11.8 Å². The van der Waals surface area contributed by atoms with E-state index in [-0.39, 0.29) is 0 Å². The summed E-state index contributed by atoms with van der Waals surface area (Å²) in [6, 6.07) is 0. The van der Waals surface area contributed by atoms with Crippen molar-refractivity contribution in [1.29, 1.82) is 0 Å². The third kappa shape index (κ3) is 1.96. The van der Waals surface area contributed by atoms with Gasteiger partial charge >= 0.3 is 5.97 Å². The molecule has 13 heavy (non-hydrogen) atoms. The Morgan fingerprint density at radius 3 is 2.77 bits per heavy atom. The van der Waals surface area contributed by atoms with Crippen molar-refractivity contribution < 1.29 is 18.7 Å². The molecule has 1 heterocycles. The summed E-state index contributed by atoms with van der Waals surface area (Å²) in [4.78, 5) is 12.2. The van der Waals surface area contributed by atoms with E-state index in [9.17, 15) is 13.6 Å². The van der Waals surface area contributed by atoms with Gasteiger partial charge < -0.3 is 5.11 Å². The fraction of sp³-hybridized carbons (Fsp3) is 0.875. The number of carbonyl (C=O) groups is 1. The van der Waals surface area contributed by atoms with E-state index >= 15 is 0 Å². The SMILES string of the molecule is CC1(C(=O)O)CCCN1CC(F)F. The van der Waals surface area contributed by atoms with Gasteiger partial charge in [0, 0.05) is 0 Å². The third-order valence-electron chi connectivity index (χ3n) is 2.61. The van der Waals surface area contributed by atoms with Crippen molar-refractivity contribution in [3.05, 3.63) is 0 Å². The number of nitrogens with zero attached hydrogens (tertiary/aromatic N) is 1. The van der Waals surface area contributed by atoms with Crippen LogP contribution in [-0.4, -0.2) is 41.0 Å². The average molecular weight is 193 g/mol. The fourth-order valence-electron chi connectivity index (χ4n) is 1.72. The van der Waals surface area contributed by atoms with Crippen molar-refractivity contribution in [1.82, 2.24) is 4.90 Å². The van der Waals surface area contributed by atoms with Gasteiger partial charge in [0.25, 0.3) is 6.43 Å². The van der Waals surface area contributed by atoms with Gasteiger partial charge in [-0.2, -0.15) is 0 Å². The standard InChI is InChI=1S/C8H13F2NO2/c1-8(7(12)13)3-2-4-11(8)5-6(9)10/h6H,2-5H2,1H3,(H,12,13). The van der Waals surface area contributed by atoms with Gasteiger partial charge in [0.1, 0.15) is 5.54 Å². The summed E-state index contributed by atoms with van der Waals surface area (Å²) in [6.07, 6.45) is -1.33. The van der Waals surface area contributed by atoms with Crippen molar-refractivity contribution in [2.45, 2.75) is 31.7 Å². The molecule has 1 atom stereocenters. The summed E-state index contributed by atoms with van der Waals surface area (Å²) < 4.78 is 24.1. The molecular weight excluding hydrogens is 180 g/mol. The monoisotopic (exact) mass is 193 g/mol. The number of alkyl halides is 2. The Morgan fingerprint density at radius 2 is 2.31 bits per heavy atom. The summed E-state index contributed by atoms with van der Waals surface area (Å²) in [6.45, 7) is 1.51. The fourth-order valence-corrected chi connectivity index (χ4v) is 1.72. The zero-order valence-electron chi connectivity index (χ0n) is 7.46. The van der Waals surface area contributed by atoms with Crippen molar-refractivity contribution in [3.63, 3.8) is 0 Å². The highest BCUT2D eigenvalue weighted by Gasteiger charge is 2.43. The minimum atomic E-state index is -2.46. The van der Waals surface area contributed by atoms with Crippen LogP contribution in [-0.2, 0) is 4.79 Å². The van der Waals surface area contributed by atoms with E-state index in [0.717, 1.165) is 0 Å². The summed E-state index contributed by atoms with van der Waals surface area (Å²) in [5.74, 6) is -1.01. The van der Waals surface area contributed by atoms with E-state index in [4.69, 9.17) is 5.11 Å². The van der Waals surface area contributed by atoms with Crippen molar-refractivity contribution in [2.24, 2.45) is 0 Å². The Kier molecular flexibility index (Phi) is 2.85. The lowest BCUT2D eigenvalue weighted by molar-refractivity contribution is -0.149. The molecule has 0 aromatic heterocycles. The molecule has 1 fully saturated rings. The topological polar surface area (TPSA) is 40.5 Å². The number of carboxylic acid groups (broad SMARTS) is 1. The Hall–Kier alpha value is -0.710. The maximum Gasteiger partial charge on any atom is 0.323 e. The molecule has 1 saturated heterocycles. The summed E-state index contributed by atoms with van der Waals surface area (Å²) in [7, 11) is 0. The van der Waals surface area contributed by atoms with Crippen molar-refractivity contribution in [3.8, 4) is 0 Å². The van der Waals surface area contributed by atoms with Crippen LogP contribution in [0.4, 0.5) is 8.78 Å². The molecule has 0 amide bonds. The number of hydrogen-bond acceptors (Lipinski definition) is 2. The quantitative estimate of drug-likeness (QED) is 0.731. The lowest BCUT2D eigenvalue weighted by Crippen LogP contribution is -2.49. The van der Waals surface area contributed by atoms with Crippen LogP contribution in [0.5, 0.6) is 0 Å². The summed E-state index contributed by atoms with van der Waals surface area (Å²) in [5, 5.41) is 8.87. The van der Waals surface area contributed by atoms with E-state index in [1.54, 1.807) is 0 Å². The Labute approximate surface area is 75.3 Å². The van der Waals surface area contributed by atoms with Gasteiger partial charge in [-0.15, -0.1) is 0 Å². The van der Waals surface area contributed by atoms with Crippen LogP contribution in [0.25, 0.3) is 0 Å². The molecule has 0 aromatic rings. The summed E-state index contributed by atoms with van der Waals surface area (Å²) >= 11 is 0. The number of aliphatic carboxylic acids is 1. The highest BCUT2D eigenvalue weighted by Crippen LogP contribution is 2.29. The van der Waals surface area contributed by atoms with E-state index in [1.807, 2.05) is 0 Å². The number of rotatable bonds is 3. The van der Waals surface area contributed by atoms with E-state index in [2.05, 4.69) is 0 Å². The number of halogens is 2. The minimum Gasteiger partial charge on any atom is -0.480 e. The van der Waals surface area contributed by atoms with Gasteiger partial charge in [-0.3, -0.25) is 9.69 Å². The van der Waals surface area contributed by atoms with Gasteiger partial charge in [0.2, 0.25) is 0 Å². The third-order valence-corrected chi connectivity index (χ3v) is 2.61. The van der Waals surface area contributed by atoms with Gasteiger partial charge in [-0.25, -0.2) is 8.78 Å². The second-order valence-electron chi connectivity index (χ2n) is 3.52. The Balaban J connectivity index is 2.68. The molecular formula is C8H13F2NO2. The van der Waals surface area contributed by atoms with Crippen LogP contribution in [0.1, 0.15) is 19.8 Å². The summed E-state index contributed by atoms with van der Waals surface area (Å²) in [5.41, 5.74) is -1.09. The first kappa shape index (κ1) is 10.4. The Morgan fingerprint density at radius 1 is 1.69 bits per heavy atom. The van der Waals surface area contributed by atoms with Crippen LogP contribution >= 0.6 is 0 Å². The van der Waals surface area contributed by atoms with E-state index < -0.39 is 24.5 Å². The lowest BCUT2D eigenvalue weighted by atomic mass is 9.99. The zero-order valence-corrected chi connectivity index (χ0v) is 7.46. The number of hydrogen-bond donors (Lipinski definition) is 1. The smallest absolute Gasteiger partial charge is 0.323 e.